The topological polar surface area (TPSA) is 60.9 Å². The highest BCUT2D eigenvalue weighted by atomic mass is 16.5. The van der Waals surface area contributed by atoms with E-state index in [1.807, 2.05) is 17.2 Å². The third kappa shape index (κ3) is 4.90. The number of carbonyl (C=O) groups excluding carboxylic acids is 1. The molecule has 132 valence electrons. The van der Waals surface area contributed by atoms with Crippen molar-refractivity contribution in [1.82, 2.24) is 25.0 Å². The molecule has 2 aliphatic rings. The second kappa shape index (κ2) is 8.41. The van der Waals surface area contributed by atoms with Crippen LogP contribution in [0.4, 0.5) is 4.79 Å². The van der Waals surface area contributed by atoms with E-state index in [2.05, 4.69) is 33.2 Å². The number of pyridine rings is 1. The Bertz CT molecular complexity index is 519. The number of nitrogens with one attached hydrogen (secondary N) is 1. The number of carbonyl (C=O) groups is 1. The summed E-state index contributed by atoms with van der Waals surface area (Å²) in [6.07, 6.45) is 3.79. The number of likely N-dealkylation sites (N-methyl/N-ethyl adjacent to an activating group) is 1. The van der Waals surface area contributed by atoms with E-state index in [1.54, 1.807) is 6.20 Å². The van der Waals surface area contributed by atoms with E-state index in [4.69, 9.17) is 4.74 Å². The van der Waals surface area contributed by atoms with Gasteiger partial charge in [-0.05, 0) is 18.7 Å². The summed E-state index contributed by atoms with van der Waals surface area (Å²) in [6, 6.07) is 4.07. The number of aromatic nitrogens is 1. The minimum Gasteiger partial charge on any atom is -0.374 e. The van der Waals surface area contributed by atoms with E-state index in [0.29, 0.717) is 6.54 Å². The van der Waals surface area contributed by atoms with E-state index < -0.39 is 0 Å². The van der Waals surface area contributed by atoms with Gasteiger partial charge in [0.05, 0.1) is 12.7 Å². The molecule has 0 unspecified atom stereocenters. The maximum Gasteiger partial charge on any atom is 0.317 e. The normalized spacial score (nSPS) is 23.2. The molecule has 0 saturated carbocycles. The van der Waals surface area contributed by atoms with Gasteiger partial charge < -0.3 is 19.9 Å². The van der Waals surface area contributed by atoms with Gasteiger partial charge in [0, 0.05) is 64.8 Å². The number of nitrogens with zero attached hydrogens (tertiary/aromatic N) is 4. The van der Waals surface area contributed by atoms with Crippen molar-refractivity contribution in [3.05, 3.63) is 30.1 Å². The average Bonchev–Trinajstić information content (AvgIpc) is 2.61. The Kier molecular flexibility index (Phi) is 6.01. The molecule has 0 aliphatic carbocycles. The van der Waals surface area contributed by atoms with Gasteiger partial charge >= 0.3 is 6.03 Å². The predicted molar refractivity (Wildman–Crippen MR) is 91.7 cm³/mol. The van der Waals surface area contributed by atoms with Crippen LogP contribution < -0.4 is 5.32 Å². The zero-order valence-corrected chi connectivity index (χ0v) is 14.4. The average molecular weight is 333 g/mol. The van der Waals surface area contributed by atoms with Crippen LogP contribution in [0.2, 0.25) is 0 Å². The Hall–Kier alpha value is -1.70. The summed E-state index contributed by atoms with van der Waals surface area (Å²) in [7, 11) is 2.08. The van der Waals surface area contributed by atoms with E-state index in [-0.39, 0.29) is 12.1 Å². The highest BCUT2D eigenvalue weighted by molar-refractivity contribution is 5.74. The third-order valence-electron chi connectivity index (χ3n) is 4.61. The molecule has 7 nitrogen and oxygen atoms in total. The van der Waals surface area contributed by atoms with Gasteiger partial charge in [-0.25, -0.2) is 4.79 Å². The third-order valence-corrected chi connectivity index (χ3v) is 4.61. The fourth-order valence-corrected chi connectivity index (χ4v) is 3.16. The molecule has 2 saturated heterocycles. The lowest BCUT2D eigenvalue weighted by Crippen LogP contribution is -2.53. The van der Waals surface area contributed by atoms with Crippen molar-refractivity contribution >= 4 is 6.03 Å². The predicted octanol–water partition coefficient (Wildman–Crippen LogP) is 0.239. The quantitative estimate of drug-likeness (QED) is 0.855. The molecule has 2 aliphatic heterocycles. The van der Waals surface area contributed by atoms with Crippen LogP contribution in [0, 0.1) is 0 Å². The lowest BCUT2D eigenvalue weighted by atomic mass is 10.2. The summed E-state index contributed by atoms with van der Waals surface area (Å²) < 4.78 is 5.68. The standard InChI is InChI=1S/C17H27N5O2/c1-20-9-10-24-16(14-20)12-19-17(23)22-7-5-21(6-8-22)13-15-3-2-4-18-11-15/h2-4,11,16H,5-10,12-14H2,1H3,(H,19,23)/t16-/m0/s1. The number of hydrogen-bond acceptors (Lipinski definition) is 5. The number of amides is 2. The van der Waals surface area contributed by atoms with Gasteiger partial charge in [-0.2, -0.15) is 0 Å². The maximum absolute atomic E-state index is 12.3. The highest BCUT2D eigenvalue weighted by Gasteiger charge is 2.23. The van der Waals surface area contributed by atoms with Crippen LogP contribution >= 0.6 is 0 Å². The molecule has 0 aromatic carbocycles. The second-order valence-corrected chi connectivity index (χ2v) is 6.57. The van der Waals surface area contributed by atoms with E-state index >= 15 is 0 Å². The lowest BCUT2D eigenvalue weighted by Gasteiger charge is -2.35. The molecule has 1 aromatic rings. The Labute approximate surface area is 143 Å². The fraction of sp³-hybridized carbons (Fsp3) is 0.647. The Morgan fingerprint density at radius 2 is 2.17 bits per heavy atom. The highest BCUT2D eigenvalue weighted by Crippen LogP contribution is 2.08. The molecule has 0 spiro atoms. The minimum absolute atomic E-state index is 0.0212. The van der Waals surface area contributed by atoms with Crippen molar-refractivity contribution in [3.8, 4) is 0 Å². The first-order valence-corrected chi connectivity index (χ1v) is 8.65. The summed E-state index contributed by atoms with van der Waals surface area (Å²) in [5, 5.41) is 3.01. The van der Waals surface area contributed by atoms with Crippen molar-refractivity contribution in [2.45, 2.75) is 12.6 Å². The molecule has 1 aromatic heterocycles. The van der Waals surface area contributed by atoms with Gasteiger partial charge in [-0.3, -0.25) is 9.88 Å². The molecule has 1 atom stereocenters. The van der Waals surface area contributed by atoms with Crippen molar-refractivity contribution in [2.75, 3.05) is 59.5 Å². The van der Waals surface area contributed by atoms with Crippen LogP contribution in [0.15, 0.2) is 24.5 Å². The van der Waals surface area contributed by atoms with E-state index in [1.165, 1.54) is 5.56 Å². The zero-order chi connectivity index (χ0) is 16.8. The molecule has 24 heavy (non-hydrogen) atoms. The number of urea groups is 1. The number of hydrogen-bond donors (Lipinski definition) is 1. The molecule has 2 fully saturated rings. The van der Waals surface area contributed by atoms with Crippen molar-refractivity contribution < 1.29 is 9.53 Å². The molecule has 0 bridgehead atoms. The van der Waals surface area contributed by atoms with Crippen LogP contribution in [-0.4, -0.2) is 91.3 Å². The summed E-state index contributed by atoms with van der Waals surface area (Å²) >= 11 is 0. The molecule has 2 amide bonds. The van der Waals surface area contributed by atoms with Crippen molar-refractivity contribution in [2.24, 2.45) is 0 Å². The number of morpholine rings is 1. The van der Waals surface area contributed by atoms with Gasteiger partial charge in [0.2, 0.25) is 0 Å². The first-order chi connectivity index (χ1) is 11.7. The Morgan fingerprint density at radius 1 is 1.33 bits per heavy atom. The van der Waals surface area contributed by atoms with Crippen LogP contribution in [-0.2, 0) is 11.3 Å². The Morgan fingerprint density at radius 3 is 2.88 bits per heavy atom. The summed E-state index contributed by atoms with van der Waals surface area (Å²) in [5.41, 5.74) is 1.22. The van der Waals surface area contributed by atoms with Gasteiger partial charge in [0.1, 0.15) is 0 Å². The van der Waals surface area contributed by atoms with Gasteiger partial charge in [0.25, 0.3) is 0 Å². The van der Waals surface area contributed by atoms with Crippen LogP contribution in [0.25, 0.3) is 0 Å². The van der Waals surface area contributed by atoms with Crippen LogP contribution in [0.1, 0.15) is 5.56 Å². The smallest absolute Gasteiger partial charge is 0.317 e. The van der Waals surface area contributed by atoms with Crippen molar-refractivity contribution in [1.29, 1.82) is 0 Å². The molecule has 7 heteroatoms. The summed E-state index contributed by atoms with van der Waals surface area (Å²) in [4.78, 5) is 22.9. The van der Waals surface area contributed by atoms with Crippen molar-refractivity contribution in [3.63, 3.8) is 0 Å². The minimum atomic E-state index is 0.0212. The SMILES string of the molecule is CN1CCO[C@@H](CNC(=O)N2CCN(Cc3cccnc3)CC2)C1. The second-order valence-electron chi connectivity index (χ2n) is 6.57. The van der Waals surface area contributed by atoms with Gasteiger partial charge in [-0.15, -0.1) is 0 Å². The molecule has 3 rings (SSSR count). The van der Waals surface area contributed by atoms with Gasteiger partial charge in [0.15, 0.2) is 0 Å². The van der Waals surface area contributed by atoms with Crippen LogP contribution in [0.3, 0.4) is 0 Å². The maximum atomic E-state index is 12.3. The molecule has 3 heterocycles. The molecule has 1 N–H and O–H groups in total. The zero-order valence-electron chi connectivity index (χ0n) is 14.4. The number of ether oxygens (including phenoxy) is 1. The molecular weight excluding hydrogens is 306 g/mol. The lowest BCUT2D eigenvalue weighted by molar-refractivity contribution is -0.0174. The number of rotatable bonds is 4. The summed E-state index contributed by atoms with van der Waals surface area (Å²) in [6.45, 7) is 7.36. The van der Waals surface area contributed by atoms with Gasteiger partial charge in [-0.1, -0.05) is 6.07 Å². The van der Waals surface area contributed by atoms with Crippen LogP contribution in [0.5, 0.6) is 0 Å². The molecular formula is C17H27N5O2. The van der Waals surface area contributed by atoms with E-state index in [0.717, 1.165) is 52.4 Å². The molecule has 0 radical (unpaired) electrons. The summed E-state index contributed by atoms with van der Waals surface area (Å²) in [5.74, 6) is 0. The first kappa shape index (κ1) is 17.1. The van der Waals surface area contributed by atoms with E-state index in [9.17, 15) is 4.79 Å². The Balaban J connectivity index is 1.37. The number of piperazine rings is 1. The largest absolute Gasteiger partial charge is 0.374 e. The first-order valence-electron chi connectivity index (χ1n) is 8.65. The monoisotopic (exact) mass is 333 g/mol. The fourth-order valence-electron chi connectivity index (χ4n) is 3.16.